The van der Waals surface area contributed by atoms with E-state index in [4.69, 9.17) is 9.26 Å². The van der Waals surface area contributed by atoms with Crippen LogP contribution in [-0.2, 0) is 16.1 Å². The lowest BCUT2D eigenvalue weighted by Gasteiger charge is -2.35. The van der Waals surface area contributed by atoms with Gasteiger partial charge in [0.05, 0.1) is 25.3 Å². The van der Waals surface area contributed by atoms with E-state index in [2.05, 4.69) is 15.4 Å². The monoisotopic (exact) mass is 400 g/mol. The molecule has 8 nitrogen and oxygen atoms in total. The number of nitrogens with one attached hydrogen (secondary N) is 1. The summed E-state index contributed by atoms with van der Waals surface area (Å²) < 4.78 is 10.3. The highest BCUT2D eigenvalue weighted by Gasteiger charge is 2.25. The van der Waals surface area contributed by atoms with Gasteiger partial charge in [0.2, 0.25) is 11.8 Å². The first-order chi connectivity index (χ1) is 13.9. The minimum absolute atomic E-state index is 0.0384. The molecule has 0 spiro atoms. The van der Waals surface area contributed by atoms with Crippen molar-refractivity contribution in [2.75, 3.05) is 33.3 Å². The van der Waals surface area contributed by atoms with Gasteiger partial charge >= 0.3 is 0 Å². The molecule has 29 heavy (non-hydrogen) atoms. The van der Waals surface area contributed by atoms with Gasteiger partial charge in [0.15, 0.2) is 0 Å². The quantitative estimate of drug-likeness (QED) is 0.764. The predicted octanol–water partition coefficient (Wildman–Crippen LogP) is 1.90. The van der Waals surface area contributed by atoms with Gasteiger partial charge in [-0.3, -0.25) is 14.5 Å². The van der Waals surface area contributed by atoms with Crippen molar-refractivity contribution in [3.05, 3.63) is 47.3 Å². The number of carbonyl (C=O) groups is 2. The highest BCUT2D eigenvalue weighted by molar-refractivity contribution is 5.79. The van der Waals surface area contributed by atoms with Crippen molar-refractivity contribution in [2.24, 2.45) is 0 Å². The number of hydrogen-bond acceptors (Lipinski definition) is 6. The molecule has 1 aliphatic heterocycles. The van der Waals surface area contributed by atoms with Gasteiger partial charge < -0.3 is 19.5 Å². The van der Waals surface area contributed by atoms with E-state index in [-0.39, 0.29) is 24.3 Å². The number of ether oxygens (including phenoxy) is 1. The Morgan fingerprint density at radius 2 is 1.90 bits per heavy atom. The maximum Gasteiger partial charge on any atom is 0.225 e. The van der Waals surface area contributed by atoms with Gasteiger partial charge in [-0.05, 0) is 24.6 Å². The number of hydrogen-bond donors (Lipinski definition) is 1. The molecule has 156 valence electrons. The summed E-state index contributed by atoms with van der Waals surface area (Å²) in [6.07, 6.45) is 0.231. The Hall–Kier alpha value is -2.87. The van der Waals surface area contributed by atoms with E-state index in [1.807, 2.05) is 42.2 Å². The number of benzene rings is 1. The Labute approximate surface area is 170 Å². The number of aromatic nitrogens is 1. The molecule has 2 aromatic rings. The van der Waals surface area contributed by atoms with Crippen molar-refractivity contribution in [2.45, 2.75) is 32.9 Å². The van der Waals surface area contributed by atoms with Gasteiger partial charge in [0.25, 0.3) is 0 Å². The average Bonchev–Trinajstić information content (AvgIpc) is 3.12. The van der Waals surface area contributed by atoms with Crippen LogP contribution in [0, 0.1) is 6.92 Å². The second-order valence-electron chi connectivity index (χ2n) is 7.32. The second-order valence-corrected chi connectivity index (χ2v) is 7.32. The highest BCUT2D eigenvalue weighted by atomic mass is 16.5. The van der Waals surface area contributed by atoms with Crippen LogP contribution in [0.25, 0.3) is 0 Å². The Morgan fingerprint density at radius 1 is 1.21 bits per heavy atom. The molecule has 3 rings (SSSR count). The van der Waals surface area contributed by atoms with Crippen molar-refractivity contribution in [3.8, 4) is 5.75 Å². The minimum Gasteiger partial charge on any atom is -0.497 e. The third kappa shape index (κ3) is 5.80. The number of aryl methyl sites for hydroxylation is 1. The molecule has 0 aliphatic carbocycles. The Balaban J connectivity index is 1.56. The number of piperazine rings is 1. The fraction of sp³-hybridized carbons (Fsp3) is 0.476. The van der Waals surface area contributed by atoms with Gasteiger partial charge in [-0.15, -0.1) is 0 Å². The molecule has 1 fully saturated rings. The summed E-state index contributed by atoms with van der Waals surface area (Å²) in [5.74, 6) is 1.42. The third-order valence-electron chi connectivity index (χ3n) is 5.06. The second kappa shape index (κ2) is 9.56. The van der Waals surface area contributed by atoms with E-state index in [9.17, 15) is 9.59 Å². The van der Waals surface area contributed by atoms with E-state index in [0.717, 1.165) is 42.4 Å². The molecule has 1 aromatic carbocycles. The van der Waals surface area contributed by atoms with Crippen LogP contribution in [0.2, 0.25) is 0 Å². The number of carbonyl (C=O) groups excluding carboxylic acids is 2. The van der Waals surface area contributed by atoms with Gasteiger partial charge in [-0.25, -0.2) is 0 Å². The molecule has 1 aromatic heterocycles. The maximum atomic E-state index is 12.9. The molecule has 8 heteroatoms. The van der Waals surface area contributed by atoms with Crippen molar-refractivity contribution < 1.29 is 18.8 Å². The molecule has 0 saturated carbocycles. The smallest absolute Gasteiger partial charge is 0.225 e. The summed E-state index contributed by atoms with van der Waals surface area (Å²) >= 11 is 0. The molecule has 0 bridgehead atoms. The SMILES string of the molecule is COc1ccc(C(CC(=O)N2CCN(Cc3cc(C)on3)CC2)NC(C)=O)cc1. The van der Waals surface area contributed by atoms with Crippen LogP contribution in [0.3, 0.4) is 0 Å². The zero-order chi connectivity index (χ0) is 20.8. The molecule has 1 saturated heterocycles. The molecule has 0 radical (unpaired) electrons. The van der Waals surface area contributed by atoms with Gasteiger partial charge in [-0.2, -0.15) is 0 Å². The highest BCUT2D eigenvalue weighted by Crippen LogP contribution is 2.22. The maximum absolute atomic E-state index is 12.9. The summed E-state index contributed by atoms with van der Waals surface area (Å²) in [5.41, 5.74) is 1.79. The fourth-order valence-electron chi connectivity index (χ4n) is 3.51. The van der Waals surface area contributed by atoms with E-state index in [1.165, 1.54) is 6.92 Å². The number of amides is 2. The summed E-state index contributed by atoms with van der Waals surface area (Å²) in [5, 5.41) is 6.92. The summed E-state index contributed by atoms with van der Waals surface area (Å²) in [4.78, 5) is 28.6. The van der Waals surface area contributed by atoms with Crippen LogP contribution in [0.15, 0.2) is 34.9 Å². The summed E-state index contributed by atoms with van der Waals surface area (Å²) in [6.45, 7) is 6.94. The minimum atomic E-state index is -0.359. The van der Waals surface area contributed by atoms with Crippen LogP contribution < -0.4 is 10.1 Å². The van der Waals surface area contributed by atoms with Crippen LogP contribution in [0.1, 0.15) is 36.4 Å². The Kier molecular flexibility index (Phi) is 6.87. The molecule has 1 aliphatic rings. The largest absolute Gasteiger partial charge is 0.497 e. The van der Waals surface area contributed by atoms with Crippen molar-refractivity contribution >= 4 is 11.8 Å². The lowest BCUT2D eigenvalue weighted by molar-refractivity contribution is -0.133. The van der Waals surface area contributed by atoms with Gasteiger partial charge in [0, 0.05) is 45.7 Å². The topological polar surface area (TPSA) is 87.9 Å². The van der Waals surface area contributed by atoms with Crippen LogP contribution in [-0.4, -0.2) is 60.1 Å². The summed E-state index contributed by atoms with van der Waals surface area (Å²) in [6, 6.07) is 9.00. The first-order valence-electron chi connectivity index (χ1n) is 9.78. The zero-order valence-electron chi connectivity index (χ0n) is 17.2. The molecule has 1 N–H and O–H groups in total. The lowest BCUT2D eigenvalue weighted by atomic mass is 10.0. The normalized spacial score (nSPS) is 15.8. The fourth-order valence-corrected chi connectivity index (χ4v) is 3.51. The first-order valence-corrected chi connectivity index (χ1v) is 9.78. The molecule has 1 atom stereocenters. The van der Waals surface area contributed by atoms with Crippen molar-refractivity contribution in [1.29, 1.82) is 0 Å². The number of nitrogens with zero attached hydrogens (tertiary/aromatic N) is 3. The van der Waals surface area contributed by atoms with E-state index < -0.39 is 0 Å². The van der Waals surface area contributed by atoms with E-state index in [0.29, 0.717) is 13.1 Å². The molecular weight excluding hydrogens is 372 g/mol. The Bertz CT molecular complexity index is 825. The standard InChI is InChI=1S/C21H28N4O4/c1-15-12-18(23-29-15)14-24-8-10-25(11-9-24)21(27)13-20(22-16(2)26)17-4-6-19(28-3)7-5-17/h4-7,12,20H,8-11,13-14H2,1-3H3,(H,22,26). The van der Waals surface area contributed by atoms with Crippen molar-refractivity contribution in [1.82, 2.24) is 20.3 Å². The molecular formula is C21H28N4O4. The van der Waals surface area contributed by atoms with E-state index >= 15 is 0 Å². The van der Waals surface area contributed by atoms with Crippen molar-refractivity contribution in [3.63, 3.8) is 0 Å². The van der Waals surface area contributed by atoms with Gasteiger partial charge in [0.1, 0.15) is 11.5 Å². The van der Waals surface area contributed by atoms with Crippen LogP contribution in [0.5, 0.6) is 5.75 Å². The molecule has 2 heterocycles. The van der Waals surface area contributed by atoms with Crippen LogP contribution in [0.4, 0.5) is 0 Å². The number of rotatable bonds is 7. The van der Waals surface area contributed by atoms with E-state index in [1.54, 1.807) is 7.11 Å². The predicted molar refractivity (Wildman–Crippen MR) is 107 cm³/mol. The summed E-state index contributed by atoms with van der Waals surface area (Å²) in [7, 11) is 1.60. The molecule has 2 amide bonds. The van der Waals surface area contributed by atoms with Gasteiger partial charge in [-0.1, -0.05) is 17.3 Å². The first kappa shape index (κ1) is 20.9. The Morgan fingerprint density at radius 3 is 2.45 bits per heavy atom. The lowest BCUT2D eigenvalue weighted by Crippen LogP contribution is -2.49. The third-order valence-corrected chi connectivity index (χ3v) is 5.06. The average molecular weight is 400 g/mol. The van der Waals surface area contributed by atoms with Crippen LogP contribution >= 0.6 is 0 Å². The molecule has 1 unspecified atom stereocenters. The number of methoxy groups -OCH3 is 1. The zero-order valence-corrected chi connectivity index (χ0v) is 17.2.